The molecule has 124 valence electrons. The zero-order valence-corrected chi connectivity index (χ0v) is 13.7. The van der Waals surface area contributed by atoms with Gasteiger partial charge in [-0.25, -0.2) is 4.79 Å². The quantitative estimate of drug-likeness (QED) is 0.829. The van der Waals surface area contributed by atoms with E-state index >= 15 is 0 Å². The van der Waals surface area contributed by atoms with Gasteiger partial charge in [0.15, 0.2) is 5.03 Å². The number of nitrogens with one attached hydrogen (secondary N) is 1. The molecule has 1 aromatic carbocycles. The zero-order chi connectivity index (χ0) is 17.2. The Labute approximate surface area is 133 Å². The van der Waals surface area contributed by atoms with Crippen molar-refractivity contribution in [1.29, 1.82) is 0 Å². The number of hydrogen-bond donors (Lipinski definition) is 2. The fraction of sp³-hybridized carbons (Fsp3) is 0.286. The summed E-state index contributed by atoms with van der Waals surface area (Å²) < 4.78 is 33.9. The lowest BCUT2D eigenvalue weighted by molar-refractivity contribution is 0.0697. The number of anilines is 1. The summed E-state index contributed by atoms with van der Waals surface area (Å²) in [5.41, 5.74) is -0.0101. The maximum atomic E-state index is 12.3. The first-order valence-corrected chi connectivity index (χ1v) is 8.24. The summed E-state index contributed by atoms with van der Waals surface area (Å²) >= 11 is 0. The number of hydrogen-bond acceptors (Lipinski definition) is 5. The van der Waals surface area contributed by atoms with Crippen molar-refractivity contribution >= 4 is 21.7 Å². The molecule has 0 aliphatic carbocycles. The third kappa shape index (κ3) is 4.01. The SMILES string of the molecule is CC(C)Oc1ccc(C(=O)O)cc1NS(=O)(=O)c1ccn(C)n1. The van der Waals surface area contributed by atoms with E-state index < -0.39 is 16.0 Å². The van der Waals surface area contributed by atoms with E-state index in [9.17, 15) is 13.2 Å². The Bertz CT molecular complexity index is 827. The number of aryl methyl sites for hydroxylation is 1. The van der Waals surface area contributed by atoms with Crippen LogP contribution in [0.3, 0.4) is 0 Å². The predicted octanol–water partition coefficient (Wildman–Crippen LogP) is 1.71. The normalized spacial score (nSPS) is 11.5. The number of benzene rings is 1. The van der Waals surface area contributed by atoms with Gasteiger partial charge in [-0.15, -0.1) is 0 Å². The van der Waals surface area contributed by atoms with Gasteiger partial charge < -0.3 is 9.84 Å². The van der Waals surface area contributed by atoms with Crippen LogP contribution in [-0.2, 0) is 17.1 Å². The van der Waals surface area contributed by atoms with E-state index in [2.05, 4.69) is 9.82 Å². The van der Waals surface area contributed by atoms with Crippen LogP contribution in [0, 0.1) is 0 Å². The second-order valence-corrected chi connectivity index (χ2v) is 6.75. The summed E-state index contributed by atoms with van der Waals surface area (Å²) in [6.07, 6.45) is 1.29. The van der Waals surface area contributed by atoms with Gasteiger partial charge in [-0.3, -0.25) is 9.40 Å². The number of aromatic carboxylic acids is 1. The summed E-state index contributed by atoms with van der Waals surface area (Å²) in [7, 11) is -2.35. The fourth-order valence-corrected chi connectivity index (χ4v) is 2.86. The van der Waals surface area contributed by atoms with Crippen molar-refractivity contribution in [3.05, 3.63) is 36.0 Å². The molecule has 0 saturated heterocycles. The third-order valence-electron chi connectivity index (χ3n) is 2.80. The molecule has 1 aromatic heterocycles. The van der Waals surface area contributed by atoms with E-state index in [1.54, 1.807) is 20.9 Å². The highest BCUT2D eigenvalue weighted by atomic mass is 32.2. The van der Waals surface area contributed by atoms with Crippen molar-refractivity contribution in [2.45, 2.75) is 25.0 Å². The van der Waals surface area contributed by atoms with Gasteiger partial charge in [0, 0.05) is 13.2 Å². The van der Waals surface area contributed by atoms with Crippen LogP contribution in [0.4, 0.5) is 5.69 Å². The van der Waals surface area contributed by atoms with Crippen molar-refractivity contribution in [3.8, 4) is 5.75 Å². The molecule has 0 radical (unpaired) electrons. The Morgan fingerprint density at radius 3 is 2.57 bits per heavy atom. The highest BCUT2D eigenvalue weighted by Gasteiger charge is 2.21. The first-order valence-electron chi connectivity index (χ1n) is 6.75. The monoisotopic (exact) mass is 339 g/mol. The van der Waals surface area contributed by atoms with Gasteiger partial charge in [0.2, 0.25) is 0 Å². The summed E-state index contributed by atoms with van der Waals surface area (Å²) in [6.45, 7) is 3.56. The average molecular weight is 339 g/mol. The number of rotatable bonds is 6. The van der Waals surface area contributed by atoms with Crippen molar-refractivity contribution in [3.63, 3.8) is 0 Å². The minimum Gasteiger partial charge on any atom is -0.489 e. The van der Waals surface area contributed by atoms with Crippen LogP contribution in [0.5, 0.6) is 5.75 Å². The van der Waals surface area contributed by atoms with Gasteiger partial charge in [-0.1, -0.05) is 0 Å². The molecule has 9 heteroatoms. The second-order valence-electron chi connectivity index (χ2n) is 5.12. The Kier molecular flexibility index (Phi) is 4.60. The van der Waals surface area contributed by atoms with Crippen molar-refractivity contribution in [2.75, 3.05) is 4.72 Å². The fourth-order valence-electron chi connectivity index (χ4n) is 1.83. The molecule has 0 aliphatic heterocycles. The topological polar surface area (TPSA) is 111 Å². The minimum atomic E-state index is -3.95. The molecule has 2 N–H and O–H groups in total. The molecule has 23 heavy (non-hydrogen) atoms. The first kappa shape index (κ1) is 16.8. The van der Waals surface area contributed by atoms with Gasteiger partial charge in [0.05, 0.1) is 17.4 Å². The number of nitrogens with zero attached hydrogens (tertiary/aromatic N) is 2. The van der Waals surface area contributed by atoms with Gasteiger partial charge >= 0.3 is 5.97 Å². The molecule has 0 unspecified atom stereocenters. The number of carboxylic acid groups (broad SMARTS) is 1. The van der Waals surface area contributed by atoms with Crippen LogP contribution in [0.2, 0.25) is 0 Å². The largest absolute Gasteiger partial charge is 0.489 e. The molecular weight excluding hydrogens is 322 g/mol. The van der Waals surface area contributed by atoms with Crippen molar-refractivity contribution in [1.82, 2.24) is 9.78 Å². The number of carbonyl (C=O) groups is 1. The van der Waals surface area contributed by atoms with E-state index in [0.29, 0.717) is 0 Å². The van der Waals surface area contributed by atoms with E-state index in [1.165, 1.54) is 35.1 Å². The van der Waals surface area contributed by atoms with Crippen LogP contribution in [0.15, 0.2) is 35.5 Å². The van der Waals surface area contributed by atoms with Crippen LogP contribution in [0.25, 0.3) is 0 Å². The molecule has 8 nitrogen and oxygen atoms in total. The number of sulfonamides is 1. The lowest BCUT2D eigenvalue weighted by Crippen LogP contribution is -2.16. The first-order chi connectivity index (χ1) is 10.7. The molecular formula is C14H17N3O5S. The Morgan fingerprint density at radius 2 is 2.04 bits per heavy atom. The molecule has 0 fully saturated rings. The minimum absolute atomic E-state index is 0.0456. The molecule has 0 atom stereocenters. The van der Waals surface area contributed by atoms with Crippen LogP contribution in [-0.4, -0.2) is 35.4 Å². The van der Waals surface area contributed by atoms with Crippen LogP contribution in [0.1, 0.15) is 24.2 Å². The van der Waals surface area contributed by atoms with E-state index in [-0.39, 0.29) is 28.1 Å². The predicted molar refractivity (Wildman–Crippen MR) is 83.2 cm³/mol. The number of aromatic nitrogens is 2. The van der Waals surface area contributed by atoms with Gasteiger partial charge in [0.25, 0.3) is 10.0 Å². The number of carboxylic acids is 1. The van der Waals surface area contributed by atoms with E-state index in [4.69, 9.17) is 9.84 Å². The summed E-state index contributed by atoms with van der Waals surface area (Å²) in [5.74, 6) is -0.927. The Balaban J connectivity index is 2.43. The zero-order valence-electron chi connectivity index (χ0n) is 12.8. The smallest absolute Gasteiger partial charge is 0.335 e. The molecule has 0 spiro atoms. The van der Waals surface area contributed by atoms with E-state index in [1.807, 2.05) is 0 Å². The molecule has 0 amide bonds. The molecule has 2 rings (SSSR count). The average Bonchev–Trinajstić information content (AvgIpc) is 2.87. The molecule has 1 heterocycles. The summed E-state index contributed by atoms with van der Waals surface area (Å²) in [6, 6.07) is 5.31. The summed E-state index contributed by atoms with van der Waals surface area (Å²) in [5, 5.41) is 12.7. The lowest BCUT2D eigenvalue weighted by Gasteiger charge is -2.15. The van der Waals surface area contributed by atoms with Crippen LogP contribution >= 0.6 is 0 Å². The Morgan fingerprint density at radius 1 is 1.35 bits per heavy atom. The van der Waals surface area contributed by atoms with Crippen LogP contribution < -0.4 is 9.46 Å². The highest BCUT2D eigenvalue weighted by Crippen LogP contribution is 2.29. The third-order valence-corrected chi connectivity index (χ3v) is 4.06. The molecule has 0 saturated carbocycles. The number of ether oxygens (including phenoxy) is 1. The Hall–Kier alpha value is -2.55. The van der Waals surface area contributed by atoms with E-state index in [0.717, 1.165) is 0 Å². The molecule has 2 aromatic rings. The van der Waals surface area contributed by atoms with Gasteiger partial charge in [0.1, 0.15) is 5.75 Å². The standard InChI is InChI=1S/C14H17N3O5S/c1-9(2)22-12-5-4-10(14(18)19)8-11(12)16-23(20,21)13-6-7-17(3)15-13/h4-9,16H,1-3H3,(H,18,19). The van der Waals surface area contributed by atoms with Gasteiger partial charge in [-0.2, -0.15) is 13.5 Å². The second kappa shape index (κ2) is 6.29. The molecule has 0 aliphatic rings. The lowest BCUT2D eigenvalue weighted by atomic mass is 10.2. The molecule has 0 bridgehead atoms. The highest BCUT2D eigenvalue weighted by molar-refractivity contribution is 7.92. The van der Waals surface area contributed by atoms with Crippen molar-refractivity contribution < 1.29 is 23.1 Å². The maximum absolute atomic E-state index is 12.3. The maximum Gasteiger partial charge on any atom is 0.335 e. The van der Waals surface area contributed by atoms with Crippen molar-refractivity contribution in [2.24, 2.45) is 7.05 Å². The van der Waals surface area contributed by atoms with Gasteiger partial charge in [-0.05, 0) is 38.1 Å². The summed E-state index contributed by atoms with van der Waals surface area (Å²) in [4.78, 5) is 11.1.